The van der Waals surface area contributed by atoms with Crippen LogP contribution < -0.4 is 10.5 Å². The minimum atomic E-state index is -0.473. The number of esters is 1. The van der Waals surface area contributed by atoms with E-state index in [2.05, 4.69) is 9.97 Å². The van der Waals surface area contributed by atoms with Crippen LogP contribution in [0.2, 0.25) is 0 Å². The number of benzene rings is 1. The van der Waals surface area contributed by atoms with Gasteiger partial charge in [-0.3, -0.25) is 0 Å². The van der Waals surface area contributed by atoms with Crippen molar-refractivity contribution in [3.05, 3.63) is 46.8 Å². The van der Waals surface area contributed by atoms with E-state index in [4.69, 9.17) is 15.2 Å². The molecule has 1 heterocycles. The van der Waals surface area contributed by atoms with Gasteiger partial charge in [-0.05, 0) is 39.8 Å². The third-order valence-electron chi connectivity index (χ3n) is 3.33. The van der Waals surface area contributed by atoms with Gasteiger partial charge in [0.05, 0.1) is 12.3 Å². The molecule has 0 saturated carbocycles. The summed E-state index contributed by atoms with van der Waals surface area (Å²) < 4.78 is 11.0. The highest BCUT2D eigenvalue weighted by molar-refractivity contribution is 5.92. The molecule has 0 bridgehead atoms. The Morgan fingerprint density at radius 2 is 1.87 bits per heavy atom. The Morgan fingerprint density at radius 1 is 1.22 bits per heavy atom. The molecule has 2 rings (SSSR count). The lowest BCUT2D eigenvalue weighted by Crippen LogP contribution is -2.18. The number of carbonyl (C=O) groups is 1. The fourth-order valence-corrected chi connectivity index (χ4v) is 2.24. The lowest BCUT2D eigenvalue weighted by atomic mass is 10.1. The van der Waals surface area contributed by atoms with E-state index < -0.39 is 12.1 Å². The van der Waals surface area contributed by atoms with E-state index in [1.807, 2.05) is 38.1 Å². The van der Waals surface area contributed by atoms with E-state index in [0.717, 1.165) is 5.56 Å². The van der Waals surface area contributed by atoms with Crippen molar-refractivity contribution in [2.45, 2.75) is 33.8 Å². The van der Waals surface area contributed by atoms with Gasteiger partial charge >= 0.3 is 5.97 Å². The van der Waals surface area contributed by atoms with Crippen LogP contribution in [0.5, 0.6) is 5.75 Å². The molecule has 0 aliphatic carbocycles. The van der Waals surface area contributed by atoms with Crippen molar-refractivity contribution in [1.29, 1.82) is 0 Å². The summed E-state index contributed by atoms with van der Waals surface area (Å²) in [5, 5.41) is 0. The smallest absolute Gasteiger partial charge is 0.342 e. The molecule has 2 aromatic rings. The summed E-state index contributed by atoms with van der Waals surface area (Å²) in [5.74, 6) is 0.317. The fraction of sp³-hybridized carbons (Fsp3) is 0.353. The summed E-state index contributed by atoms with van der Waals surface area (Å²) in [7, 11) is 0. The second-order valence-corrected chi connectivity index (χ2v) is 5.22. The van der Waals surface area contributed by atoms with Crippen molar-refractivity contribution in [1.82, 2.24) is 9.97 Å². The average molecular weight is 315 g/mol. The van der Waals surface area contributed by atoms with Gasteiger partial charge < -0.3 is 15.2 Å². The molecule has 0 aliphatic rings. The topological polar surface area (TPSA) is 87.3 Å². The predicted octanol–water partition coefficient (Wildman–Crippen LogP) is 2.99. The summed E-state index contributed by atoms with van der Waals surface area (Å²) in [6, 6.07) is 7.64. The molecule has 1 aromatic carbocycles. The highest BCUT2D eigenvalue weighted by Gasteiger charge is 2.24. The van der Waals surface area contributed by atoms with E-state index in [-0.39, 0.29) is 12.6 Å². The molecule has 23 heavy (non-hydrogen) atoms. The molecule has 0 radical (unpaired) electrons. The zero-order chi connectivity index (χ0) is 17.0. The Bertz CT molecular complexity index is 699. The zero-order valence-electron chi connectivity index (χ0n) is 13.8. The number of carbonyl (C=O) groups excluding carboxylic acids is 1. The molecule has 1 atom stereocenters. The average Bonchev–Trinajstić information content (AvgIpc) is 2.48. The number of anilines is 1. The normalized spacial score (nSPS) is 11.8. The molecule has 0 fully saturated rings. The first-order valence-electron chi connectivity index (χ1n) is 7.46. The number of nitrogens with zero attached hydrogens (tertiary/aromatic N) is 2. The number of rotatable bonds is 5. The molecule has 122 valence electrons. The Morgan fingerprint density at radius 3 is 2.48 bits per heavy atom. The van der Waals surface area contributed by atoms with Gasteiger partial charge in [0.25, 0.3) is 0 Å². The van der Waals surface area contributed by atoms with Gasteiger partial charge in [0.15, 0.2) is 0 Å². The van der Waals surface area contributed by atoms with Gasteiger partial charge in [0.2, 0.25) is 5.95 Å². The van der Waals surface area contributed by atoms with E-state index in [9.17, 15) is 4.79 Å². The Balaban J connectivity index is 2.36. The third-order valence-corrected chi connectivity index (χ3v) is 3.33. The van der Waals surface area contributed by atoms with Crippen LogP contribution in [0.25, 0.3) is 0 Å². The van der Waals surface area contributed by atoms with Crippen molar-refractivity contribution in [3.63, 3.8) is 0 Å². The number of aromatic nitrogens is 2. The first-order chi connectivity index (χ1) is 10.9. The summed E-state index contributed by atoms with van der Waals surface area (Å²) in [6.07, 6.45) is -0.471. The molecule has 6 heteroatoms. The maximum absolute atomic E-state index is 12.2. The minimum Gasteiger partial charge on any atom is -0.484 e. The first-order valence-corrected chi connectivity index (χ1v) is 7.46. The minimum absolute atomic E-state index is 0.102. The summed E-state index contributed by atoms with van der Waals surface area (Å²) in [5.41, 5.74) is 8.07. The Hall–Kier alpha value is -2.63. The molecule has 1 unspecified atom stereocenters. The van der Waals surface area contributed by atoms with E-state index in [0.29, 0.717) is 22.7 Å². The molecular formula is C17H21N3O3. The van der Waals surface area contributed by atoms with Gasteiger partial charge in [-0.2, -0.15) is 0 Å². The van der Waals surface area contributed by atoms with Crippen LogP contribution in [0.3, 0.4) is 0 Å². The lowest BCUT2D eigenvalue weighted by Gasteiger charge is -2.18. The Labute approximate surface area is 135 Å². The van der Waals surface area contributed by atoms with Crippen molar-refractivity contribution in [2.24, 2.45) is 0 Å². The van der Waals surface area contributed by atoms with Gasteiger partial charge in [0, 0.05) is 0 Å². The maximum atomic E-state index is 12.2. The highest BCUT2D eigenvalue weighted by atomic mass is 16.5. The number of aryl methyl sites for hydroxylation is 2. The van der Waals surface area contributed by atoms with Gasteiger partial charge in [-0.1, -0.05) is 17.7 Å². The molecule has 0 saturated heterocycles. The van der Waals surface area contributed by atoms with Crippen molar-refractivity contribution in [2.75, 3.05) is 12.3 Å². The molecule has 0 spiro atoms. The van der Waals surface area contributed by atoms with Crippen LogP contribution in [0.4, 0.5) is 5.95 Å². The highest BCUT2D eigenvalue weighted by Crippen LogP contribution is 2.25. The first kappa shape index (κ1) is 16.7. The second-order valence-electron chi connectivity index (χ2n) is 5.22. The largest absolute Gasteiger partial charge is 0.484 e. The number of ether oxygens (including phenoxy) is 2. The number of hydrogen-bond donors (Lipinski definition) is 1. The van der Waals surface area contributed by atoms with Crippen LogP contribution in [0.1, 0.15) is 47.3 Å². The molecule has 0 amide bonds. The standard InChI is InChI=1S/C17H21N3O3/c1-5-22-16(21)14-11(3)19-17(18)20-15(14)12(4)23-13-8-6-10(2)7-9-13/h6-9,12H,5H2,1-4H3,(H2,18,19,20). The van der Waals surface area contributed by atoms with Crippen molar-refractivity contribution >= 4 is 11.9 Å². The number of hydrogen-bond acceptors (Lipinski definition) is 6. The quantitative estimate of drug-likeness (QED) is 0.853. The monoisotopic (exact) mass is 315 g/mol. The van der Waals surface area contributed by atoms with Gasteiger partial charge in [0.1, 0.15) is 23.1 Å². The van der Waals surface area contributed by atoms with E-state index in [1.165, 1.54) is 0 Å². The molecule has 2 N–H and O–H groups in total. The molecule has 0 aliphatic heterocycles. The van der Waals surface area contributed by atoms with Crippen molar-refractivity contribution in [3.8, 4) is 5.75 Å². The summed E-state index contributed by atoms with van der Waals surface area (Å²) >= 11 is 0. The van der Waals surface area contributed by atoms with Crippen LogP contribution in [-0.4, -0.2) is 22.5 Å². The van der Waals surface area contributed by atoms with E-state index in [1.54, 1.807) is 13.8 Å². The Kier molecular flexibility index (Phi) is 5.16. The number of nitrogen functional groups attached to an aromatic ring is 1. The van der Waals surface area contributed by atoms with E-state index >= 15 is 0 Å². The van der Waals surface area contributed by atoms with Crippen LogP contribution in [-0.2, 0) is 4.74 Å². The fourth-order valence-electron chi connectivity index (χ4n) is 2.24. The second kappa shape index (κ2) is 7.09. The van der Waals surface area contributed by atoms with Crippen LogP contribution in [0, 0.1) is 13.8 Å². The van der Waals surface area contributed by atoms with Crippen LogP contribution in [0.15, 0.2) is 24.3 Å². The third kappa shape index (κ3) is 3.97. The molecular weight excluding hydrogens is 294 g/mol. The van der Waals surface area contributed by atoms with Crippen LogP contribution >= 0.6 is 0 Å². The zero-order valence-corrected chi connectivity index (χ0v) is 13.8. The van der Waals surface area contributed by atoms with Crippen molar-refractivity contribution < 1.29 is 14.3 Å². The molecule has 6 nitrogen and oxygen atoms in total. The van der Waals surface area contributed by atoms with Gasteiger partial charge in [-0.15, -0.1) is 0 Å². The summed E-state index contributed by atoms with van der Waals surface area (Å²) in [6.45, 7) is 7.53. The lowest BCUT2D eigenvalue weighted by molar-refractivity contribution is 0.0518. The molecule has 1 aromatic heterocycles. The summed E-state index contributed by atoms with van der Waals surface area (Å²) in [4.78, 5) is 20.4. The predicted molar refractivity (Wildman–Crippen MR) is 87.4 cm³/mol. The number of nitrogens with two attached hydrogens (primary N) is 1. The maximum Gasteiger partial charge on any atom is 0.342 e. The SMILES string of the molecule is CCOC(=O)c1c(C)nc(N)nc1C(C)Oc1ccc(C)cc1. The van der Waals surface area contributed by atoms with Gasteiger partial charge in [-0.25, -0.2) is 14.8 Å².